The molecule has 0 aliphatic heterocycles. The van der Waals surface area contributed by atoms with E-state index in [0.29, 0.717) is 0 Å². The number of thioether (sulfide) groups is 1. The van der Waals surface area contributed by atoms with Gasteiger partial charge < -0.3 is 5.73 Å². The number of rotatable bonds is 2. The van der Waals surface area contributed by atoms with Crippen LogP contribution in [0.3, 0.4) is 0 Å². The van der Waals surface area contributed by atoms with Crippen LogP contribution in [0.15, 0.2) is 53.4 Å². The minimum atomic E-state index is 0.752. The lowest BCUT2D eigenvalue weighted by atomic mass is 10.2. The minimum Gasteiger partial charge on any atom is -0.398 e. The molecule has 0 bridgehead atoms. The fourth-order valence-corrected chi connectivity index (χ4v) is 2.21. The molecule has 0 aliphatic rings. The predicted molar refractivity (Wildman–Crippen MR) is 79.6 cm³/mol. The minimum absolute atomic E-state index is 0.752. The summed E-state index contributed by atoms with van der Waals surface area (Å²) in [6, 6.07) is 16.1. The predicted octanol–water partition coefficient (Wildman–Crippen LogP) is 3.72. The van der Waals surface area contributed by atoms with Gasteiger partial charge in [-0.05, 0) is 31.2 Å². The van der Waals surface area contributed by atoms with E-state index in [2.05, 4.69) is 30.9 Å². The highest BCUT2D eigenvalue weighted by Crippen LogP contribution is 2.23. The first-order chi connectivity index (χ1) is 8.75. The smallest absolute Gasteiger partial charge is 0.0599 e. The van der Waals surface area contributed by atoms with Crippen LogP contribution in [0.25, 0.3) is 0 Å². The Morgan fingerprint density at radius 1 is 1.06 bits per heavy atom. The number of aryl methyl sites for hydroxylation is 1. The lowest BCUT2D eigenvalue weighted by Crippen LogP contribution is -1.87. The van der Waals surface area contributed by atoms with E-state index in [1.165, 1.54) is 5.56 Å². The van der Waals surface area contributed by atoms with Gasteiger partial charge in [0.05, 0.1) is 5.75 Å². The van der Waals surface area contributed by atoms with Gasteiger partial charge in [0.15, 0.2) is 0 Å². The SMILES string of the molecule is Cc1ccc(C#CCSc2ccccc2N)cc1. The van der Waals surface area contributed by atoms with Crippen molar-refractivity contribution < 1.29 is 0 Å². The second-order valence-corrected chi connectivity index (χ2v) is 5.01. The Hall–Kier alpha value is -1.85. The molecule has 2 aromatic carbocycles. The molecule has 0 saturated heterocycles. The molecule has 0 unspecified atom stereocenters. The first kappa shape index (κ1) is 12.6. The molecule has 0 saturated carbocycles. The van der Waals surface area contributed by atoms with Crippen molar-refractivity contribution in [1.82, 2.24) is 0 Å². The molecule has 1 nitrogen and oxygen atoms in total. The Labute approximate surface area is 112 Å². The Bertz CT molecular complexity index is 576. The molecule has 0 radical (unpaired) electrons. The van der Waals surface area contributed by atoms with E-state index in [1.807, 2.05) is 36.4 Å². The van der Waals surface area contributed by atoms with Crippen LogP contribution in [0.5, 0.6) is 0 Å². The van der Waals surface area contributed by atoms with E-state index >= 15 is 0 Å². The summed E-state index contributed by atoms with van der Waals surface area (Å²) in [5, 5.41) is 0. The molecule has 0 aromatic heterocycles. The molecule has 0 spiro atoms. The second-order valence-electron chi connectivity index (χ2n) is 3.99. The molecule has 2 rings (SSSR count). The molecule has 0 fully saturated rings. The molecule has 2 heteroatoms. The average Bonchev–Trinajstić information content (AvgIpc) is 2.39. The zero-order valence-corrected chi connectivity index (χ0v) is 11.1. The number of para-hydroxylation sites is 1. The summed E-state index contributed by atoms with van der Waals surface area (Å²) in [7, 11) is 0. The Kier molecular flexibility index (Phi) is 4.33. The van der Waals surface area contributed by atoms with Gasteiger partial charge in [0.1, 0.15) is 0 Å². The third kappa shape index (κ3) is 3.58. The molecule has 90 valence electrons. The normalized spacial score (nSPS) is 9.61. The van der Waals surface area contributed by atoms with Gasteiger partial charge in [0.25, 0.3) is 0 Å². The quantitative estimate of drug-likeness (QED) is 0.501. The van der Waals surface area contributed by atoms with Gasteiger partial charge in [-0.25, -0.2) is 0 Å². The van der Waals surface area contributed by atoms with Gasteiger partial charge in [-0.15, -0.1) is 11.8 Å². The van der Waals surface area contributed by atoms with E-state index in [0.717, 1.165) is 21.9 Å². The third-order valence-electron chi connectivity index (χ3n) is 2.50. The van der Waals surface area contributed by atoms with Gasteiger partial charge in [0.2, 0.25) is 0 Å². The number of nitrogen functional groups attached to an aromatic ring is 1. The average molecular weight is 253 g/mol. The van der Waals surface area contributed by atoms with E-state index in [-0.39, 0.29) is 0 Å². The van der Waals surface area contributed by atoms with E-state index in [9.17, 15) is 0 Å². The van der Waals surface area contributed by atoms with Crippen molar-refractivity contribution in [2.45, 2.75) is 11.8 Å². The standard InChI is InChI=1S/C16H15NS/c1-13-8-10-14(11-9-13)5-4-12-18-16-7-3-2-6-15(16)17/h2-3,6-11H,12,17H2,1H3. The Morgan fingerprint density at radius 2 is 1.78 bits per heavy atom. The lowest BCUT2D eigenvalue weighted by molar-refractivity contribution is 1.46. The number of benzene rings is 2. The molecule has 18 heavy (non-hydrogen) atoms. The van der Waals surface area contributed by atoms with Crippen LogP contribution in [0.4, 0.5) is 5.69 Å². The maximum atomic E-state index is 5.86. The maximum absolute atomic E-state index is 5.86. The fourth-order valence-electron chi connectivity index (χ4n) is 1.50. The zero-order valence-electron chi connectivity index (χ0n) is 10.3. The highest BCUT2D eigenvalue weighted by Gasteiger charge is 1.95. The van der Waals surface area contributed by atoms with Gasteiger partial charge in [-0.2, -0.15) is 0 Å². The zero-order chi connectivity index (χ0) is 12.8. The summed E-state index contributed by atoms with van der Waals surface area (Å²) in [4.78, 5) is 1.09. The second kappa shape index (κ2) is 6.18. The van der Waals surface area contributed by atoms with Crippen LogP contribution in [-0.2, 0) is 0 Å². The molecular formula is C16H15NS. The summed E-state index contributed by atoms with van der Waals surface area (Å²) < 4.78 is 0. The molecule has 0 atom stereocenters. The maximum Gasteiger partial charge on any atom is 0.0599 e. The van der Waals surface area contributed by atoms with E-state index < -0.39 is 0 Å². The summed E-state index contributed by atoms with van der Waals surface area (Å²) in [6.07, 6.45) is 0. The van der Waals surface area contributed by atoms with Crippen LogP contribution in [0.2, 0.25) is 0 Å². The van der Waals surface area contributed by atoms with Crippen molar-refractivity contribution in [3.63, 3.8) is 0 Å². The highest BCUT2D eigenvalue weighted by molar-refractivity contribution is 7.99. The van der Waals surface area contributed by atoms with Crippen LogP contribution >= 0.6 is 11.8 Å². The number of hydrogen-bond acceptors (Lipinski definition) is 2. The number of nitrogens with two attached hydrogens (primary N) is 1. The molecule has 0 amide bonds. The molecule has 0 heterocycles. The van der Waals surface area contributed by atoms with Crippen molar-refractivity contribution in [1.29, 1.82) is 0 Å². The van der Waals surface area contributed by atoms with Crippen LogP contribution < -0.4 is 5.73 Å². The highest BCUT2D eigenvalue weighted by atomic mass is 32.2. The molecule has 2 N–H and O–H groups in total. The topological polar surface area (TPSA) is 26.0 Å². The fraction of sp³-hybridized carbons (Fsp3) is 0.125. The van der Waals surface area contributed by atoms with E-state index in [4.69, 9.17) is 5.73 Å². The van der Waals surface area contributed by atoms with Crippen LogP contribution in [-0.4, -0.2) is 5.75 Å². The summed E-state index contributed by atoms with van der Waals surface area (Å²) in [5.41, 5.74) is 8.99. The van der Waals surface area contributed by atoms with Gasteiger partial charge >= 0.3 is 0 Å². The Balaban J connectivity index is 1.93. The van der Waals surface area contributed by atoms with Crippen molar-refractivity contribution in [2.75, 3.05) is 11.5 Å². The van der Waals surface area contributed by atoms with Crippen molar-refractivity contribution >= 4 is 17.4 Å². The monoisotopic (exact) mass is 253 g/mol. The van der Waals surface area contributed by atoms with Crippen LogP contribution in [0, 0.1) is 18.8 Å². The molecule has 2 aromatic rings. The van der Waals surface area contributed by atoms with Crippen molar-refractivity contribution in [3.8, 4) is 11.8 Å². The van der Waals surface area contributed by atoms with Crippen molar-refractivity contribution in [3.05, 3.63) is 59.7 Å². The largest absolute Gasteiger partial charge is 0.398 e. The number of hydrogen-bond donors (Lipinski definition) is 1. The first-order valence-corrected chi connectivity index (χ1v) is 6.77. The third-order valence-corrected chi connectivity index (χ3v) is 3.47. The Morgan fingerprint density at radius 3 is 2.50 bits per heavy atom. The van der Waals surface area contributed by atoms with Crippen LogP contribution in [0.1, 0.15) is 11.1 Å². The van der Waals surface area contributed by atoms with E-state index in [1.54, 1.807) is 11.8 Å². The van der Waals surface area contributed by atoms with Gasteiger partial charge in [-0.1, -0.05) is 41.7 Å². The lowest BCUT2D eigenvalue weighted by Gasteiger charge is -2.00. The first-order valence-electron chi connectivity index (χ1n) is 5.78. The summed E-state index contributed by atoms with van der Waals surface area (Å²) in [6.45, 7) is 2.07. The van der Waals surface area contributed by atoms with Crippen molar-refractivity contribution in [2.24, 2.45) is 0 Å². The van der Waals surface area contributed by atoms with Gasteiger partial charge in [-0.3, -0.25) is 0 Å². The summed E-state index contributed by atoms with van der Waals surface area (Å²) >= 11 is 1.67. The van der Waals surface area contributed by atoms with Gasteiger partial charge in [0, 0.05) is 16.1 Å². The molecule has 0 aliphatic carbocycles. The number of anilines is 1. The summed E-state index contributed by atoms with van der Waals surface area (Å²) in [5.74, 6) is 7.06. The molecular weight excluding hydrogens is 238 g/mol.